The highest BCUT2D eigenvalue weighted by Crippen LogP contribution is 2.22. The van der Waals surface area contributed by atoms with E-state index in [1.54, 1.807) is 13.4 Å². The number of ether oxygens (including phenoxy) is 2. The fraction of sp³-hybridized carbons (Fsp3) is 0.261. The monoisotopic (exact) mass is 379 g/mol. The molecule has 1 aromatic heterocycles. The molecule has 1 amide bonds. The van der Waals surface area contributed by atoms with E-state index in [9.17, 15) is 4.79 Å². The second-order valence-corrected chi connectivity index (χ2v) is 6.56. The average molecular weight is 379 g/mol. The number of methoxy groups -OCH3 is 1. The minimum Gasteiger partial charge on any atom is -0.497 e. The molecule has 0 spiro atoms. The van der Waals surface area contributed by atoms with Crippen LogP contribution in [0.1, 0.15) is 22.8 Å². The zero-order chi connectivity index (χ0) is 19.8. The molecule has 3 rings (SSSR count). The Kier molecular flexibility index (Phi) is 6.73. The van der Waals surface area contributed by atoms with Crippen LogP contribution < -0.4 is 14.8 Å². The van der Waals surface area contributed by atoms with E-state index in [2.05, 4.69) is 5.32 Å². The fourth-order valence-corrected chi connectivity index (χ4v) is 2.93. The van der Waals surface area contributed by atoms with Gasteiger partial charge in [-0.3, -0.25) is 4.79 Å². The van der Waals surface area contributed by atoms with Crippen molar-refractivity contribution < 1.29 is 18.7 Å². The summed E-state index contributed by atoms with van der Waals surface area (Å²) in [6.07, 6.45) is 2.14. The average Bonchev–Trinajstić information content (AvgIpc) is 3.24. The third kappa shape index (κ3) is 5.39. The van der Waals surface area contributed by atoms with Gasteiger partial charge in [0.05, 0.1) is 25.8 Å². The van der Waals surface area contributed by atoms with Gasteiger partial charge in [0.25, 0.3) is 0 Å². The number of amides is 1. The van der Waals surface area contributed by atoms with Gasteiger partial charge >= 0.3 is 0 Å². The summed E-state index contributed by atoms with van der Waals surface area (Å²) < 4.78 is 16.2. The maximum Gasteiger partial charge on any atom is 0.228 e. The van der Waals surface area contributed by atoms with Gasteiger partial charge in [0.15, 0.2) is 0 Å². The summed E-state index contributed by atoms with van der Waals surface area (Å²) in [6, 6.07) is 19.1. The maximum absolute atomic E-state index is 12.8. The van der Waals surface area contributed by atoms with Crippen LogP contribution in [0, 0.1) is 6.92 Å². The summed E-state index contributed by atoms with van der Waals surface area (Å²) in [5, 5.41) is 2.97. The van der Waals surface area contributed by atoms with Crippen molar-refractivity contribution in [1.29, 1.82) is 0 Å². The molecule has 1 unspecified atom stereocenters. The second kappa shape index (κ2) is 9.65. The number of nitrogens with one attached hydrogen (secondary N) is 1. The number of hydrogen-bond donors (Lipinski definition) is 1. The van der Waals surface area contributed by atoms with Gasteiger partial charge < -0.3 is 19.2 Å². The van der Waals surface area contributed by atoms with Crippen LogP contribution in [0.2, 0.25) is 0 Å². The van der Waals surface area contributed by atoms with Gasteiger partial charge in [0.1, 0.15) is 23.9 Å². The Morgan fingerprint density at radius 1 is 1.04 bits per heavy atom. The molecule has 0 bridgehead atoms. The Morgan fingerprint density at radius 3 is 2.39 bits per heavy atom. The highest BCUT2D eigenvalue weighted by atomic mass is 16.5. The summed E-state index contributed by atoms with van der Waals surface area (Å²) in [6.45, 7) is 2.84. The van der Waals surface area contributed by atoms with Crippen molar-refractivity contribution in [3.63, 3.8) is 0 Å². The molecule has 2 aromatic carbocycles. The molecule has 0 saturated carbocycles. The predicted molar refractivity (Wildman–Crippen MR) is 108 cm³/mol. The Balaban J connectivity index is 1.56. The molecule has 146 valence electrons. The van der Waals surface area contributed by atoms with E-state index in [0.717, 1.165) is 28.4 Å². The molecule has 0 aliphatic carbocycles. The molecule has 0 aliphatic rings. The predicted octanol–water partition coefficient (Wildman–Crippen LogP) is 4.12. The topological polar surface area (TPSA) is 60.7 Å². The van der Waals surface area contributed by atoms with Crippen molar-refractivity contribution in [2.45, 2.75) is 19.3 Å². The summed E-state index contributed by atoms with van der Waals surface area (Å²) in [5.41, 5.74) is 2.13. The van der Waals surface area contributed by atoms with E-state index in [1.165, 1.54) is 0 Å². The normalized spacial score (nSPS) is 11.6. The van der Waals surface area contributed by atoms with Gasteiger partial charge in [-0.2, -0.15) is 0 Å². The van der Waals surface area contributed by atoms with Crippen molar-refractivity contribution >= 4 is 5.91 Å². The summed E-state index contributed by atoms with van der Waals surface area (Å²) >= 11 is 0. The van der Waals surface area contributed by atoms with Crippen LogP contribution >= 0.6 is 0 Å². The van der Waals surface area contributed by atoms with Crippen molar-refractivity contribution in [2.75, 3.05) is 20.3 Å². The van der Waals surface area contributed by atoms with E-state index < -0.39 is 0 Å². The zero-order valence-electron chi connectivity index (χ0n) is 16.2. The first-order chi connectivity index (χ1) is 13.7. The quantitative estimate of drug-likeness (QED) is 0.568. The lowest BCUT2D eigenvalue weighted by Crippen LogP contribution is -2.33. The molecular weight excluding hydrogens is 354 g/mol. The van der Waals surface area contributed by atoms with Crippen LogP contribution in [-0.2, 0) is 11.2 Å². The number of carbonyl (C=O) groups excluding carboxylic acids is 1. The first-order valence-electron chi connectivity index (χ1n) is 9.29. The largest absolute Gasteiger partial charge is 0.497 e. The number of rotatable bonds is 9. The molecule has 1 heterocycles. The van der Waals surface area contributed by atoms with Crippen LogP contribution in [0.5, 0.6) is 11.5 Å². The number of aryl methyl sites for hydroxylation is 1. The molecule has 0 saturated heterocycles. The van der Waals surface area contributed by atoms with Crippen LogP contribution in [0.15, 0.2) is 71.3 Å². The van der Waals surface area contributed by atoms with Gasteiger partial charge in [0.2, 0.25) is 5.91 Å². The van der Waals surface area contributed by atoms with Gasteiger partial charge in [-0.1, -0.05) is 29.8 Å². The molecule has 28 heavy (non-hydrogen) atoms. The maximum atomic E-state index is 12.8. The molecule has 0 fully saturated rings. The van der Waals surface area contributed by atoms with Gasteiger partial charge in [0, 0.05) is 6.42 Å². The first kappa shape index (κ1) is 19.5. The standard InChI is InChI=1S/C23H25NO4/c1-17-5-7-18(8-6-17)22(16-21-4-3-14-27-21)23(25)24-13-15-28-20-11-9-19(26-2)10-12-20/h3-12,14,22H,13,15-16H2,1-2H3,(H,24,25). The lowest BCUT2D eigenvalue weighted by Gasteiger charge is -2.17. The summed E-state index contributed by atoms with van der Waals surface area (Å²) in [4.78, 5) is 12.8. The molecule has 0 radical (unpaired) electrons. The highest BCUT2D eigenvalue weighted by Gasteiger charge is 2.22. The van der Waals surface area contributed by atoms with Crippen LogP contribution in [-0.4, -0.2) is 26.2 Å². The summed E-state index contributed by atoms with van der Waals surface area (Å²) in [7, 11) is 1.62. The van der Waals surface area contributed by atoms with E-state index in [1.807, 2.05) is 67.6 Å². The van der Waals surface area contributed by atoms with Gasteiger partial charge in [-0.15, -0.1) is 0 Å². The Hall–Kier alpha value is -3.21. The van der Waals surface area contributed by atoms with Gasteiger partial charge in [-0.05, 0) is 48.9 Å². The number of hydrogen-bond acceptors (Lipinski definition) is 4. The zero-order valence-corrected chi connectivity index (χ0v) is 16.2. The van der Waals surface area contributed by atoms with Crippen molar-refractivity contribution in [3.05, 3.63) is 83.8 Å². The summed E-state index contributed by atoms with van der Waals surface area (Å²) in [5.74, 6) is 1.95. The Morgan fingerprint density at radius 2 is 1.75 bits per heavy atom. The third-order valence-corrected chi connectivity index (χ3v) is 4.51. The minimum absolute atomic E-state index is 0.0430. The van der Waals surface area contributed by atoms with E-state index in [-0.39, 0.29) is 11.8 Å². The number of furan rings is 1. The fourth-order valence-electron chi connectivity index (χ4n) is 2.93. The minimum atomic E-state index is -0.312. The van der Waals surface area contributed by atoms with Crippen LogP contribution in [0.25, 0.3) is 0 Å². The van der Waals surface area contributed by atoms with Crippen LogP contribution in [0.4, 0.5) is 0 Å². The SMILES string of the molecule is COc1ccc(OCCNC(=O)C(Cc2ccco2)c2ccc(C)cc2)cc1. The van der Waals surface area contributed by atoms with E-state index in [4.69, 9.17) is 13.9 Å². The molecule has 1 atom stereocenters. The highest BCUT2D eigenvalue weighted by molar-refractivity contribution is 5.83. The number of carbonyl (C=O) groups is 1. The second-order valence-electron chi connectivity index (χ2n) is 6.56. The van der Waals surface area contributed by atoms with Crippen molar-refractivity contribution in [3.8, 4) is 11.5 Å². The lowest BCUT2D eigenvalue weighted by atomic mass is 9.93. The smallest absolute Gasteiger partial charge is 0.228 e. The Labute approximate surface area is 165 Å². The lowest BCUT2D eigenvalue weighted by molar-refractivity contribution is -0.122. The Bertz CT molecular complexity index is 855. The van der Waals surface area contributed by atoms with Crippen molar-refractivity contribution in [2.24, 2.45) is 0 Å². The third-order valence-electron chi connectivity index (χ3n) is 4.51. The van der Waals surface area contributed by atoms with E-state index in [0.29, 0.717) is 19.6 Å². The molecule has 5 heteroatoms. The molecular formula is C23H25NO4. The first-order valence-corrected chi connectivity index (χ1v) is 9.29. The molecule has 1 N–H and O–H groups in total. The molecule has 0 aliphatic heterocycles. The van der Waals surface area contributed by atoms with Crippen LogP contribution in [0.3, 0.4) is 0 Å². The van der Waals surface area contributed by atoms with Gasteiger partial charge in [-0.25, -0.2) is 0 Å². The van der Waals surface area contributed by atoms with E-state index >= 15 is 0 Å². The molecule has 5 nitrogen and oxygen atoms in total. The van der Waals surface area contributed by atoms with Crippen molar-refractivity contribution in [1.82, 2.24) is 5.32 Å². The number of benzene rings is 2. The molecule has 3 aromatic rings.